The van der Waals surface area contributed by atoms with E-state index < -0.39 is 0 Å². The highest BCUT2D eigenvalue weighted by molar-refractivity contribution is 7.08. The molecule has 0 radical (unpaired) electrons. The van der Waals surface area contributed by atoms with E-state index in [1.165, 1.54) is 0 Å². The molecule has 1 aromatic rings. The molecular formula is C10H14N2OS. The number of nitrogens with zero attached hydrogens (tertiary/aromatic N) is 1. The fourth-order valence-corrected chi connectivity index (χ4v) is 2.39. The molecule has 1 aromatic heterocycles. The Morgan fingerprint density at radius 2 is 2.50 bits per heavy atom. The summed E-state index contributed by atoms with van der Waals surface area (Å²) in [7, 11) is 0. The Hall–Kier alpha value is -0.870. The number of likely N-dealkylation sites (tertiary alicyclic amines) is 1. The summed E-state index contributed by atoms with van der Waals surface area (Å²) in [5.41, 5.74) is 6.62. The lowest BCUT2D eigenvalue weighted by molar-refractivity contribution is 0.0709. The number of carbonyl (C=O) groups excluding carboxylic acids is 1. The van der Waals surface area contributed by atoms with E-state index in [0.29, 0.717) is 6.54 Å². The average molecular weight is 210 g/mol. The Labute approximate surface area is 87.5 Å². The molecule has 1 fully saturated rings. The SMILES string of the molecule is NC1CCCN(C(=O)c2ccsc2)C1. The van der Waals surface area contributed by atoms with Gasteiger partial charge in [0.15, 0.2) is 0 Å². The molecule has 0 aliphatic carbocycles. The largest absolute Gasteiger partial charge is 0.337 e. The lowest BCUT2D eigenvalue weighted by Gasteiger charge is -2.30. The van der Waals surface area contributed by atoms with Gasteiger partial charge in [-0.05, 0) is 24.3 Å². The van der Waals surface area contributed by atoms with Crippen molar-refractivity contribution in [2.24, 2.45) is 5.73 Å². The van der Waals surface area contributed by atoms with E-state index in [4.69, 9.17) is 5.73 Å². The van der Waals surface area contributed by atoms with Gasteiger partial charge in [0, 0.05) is 24.5 Å². The Balaban J connectivity index is 2.04. The minimum Gasteiger partial charge on any atom is -0.337 e. The summed E-state index contributed by atoms with van der Waals surface area (Å²) in [5, 5.41) is 3.82. The third-order valence-electron chi connectivity index (χ3n) is 2.51. The van der Waals surface area contributed by atoms with Crippen LogP contribution in [-0.2, 0) is 0 Å². The van der Waals surface area contributed by atoms with Gasteiger partial charge in [-0.2, -0.15) is 11.3 Å². The molecule has 1 saturated heterocycles. The molecule has 4 heteroatoms. The van der Waals surface area contributed by atoms with Gasteiger partial charge in [0.25, 0.3) is 5.91 Å². The van der Waals surface area contributed by atoms with Gasteiger partial charge in [-0.1, -0.05) is 0 Å². The van der Waals surface area contributed by atoms with Crippen LogP contribution in [0.2, 0.25) is 0 Å². The summed E-state index contributed by atoms with van der Waals surface area (Å²) in [6.45, 7) is 1.55. The van der Waals surface area contributed by atoms with Gasteiger partial charge < -0.3 is 10.6 Å². The van der Waals surface area contributed by atoms with Crippen molar-refractivity contribution in [2.75, 3.05) is 13.1 Å². The average Bonchev–Trinajstić information content (AvgIpc) is 2.69. The number of rotatable bonds is 1. The Morgan fingerprint density at radius 1 is 1.64 bits per heavy atom. The lowest BCUT2D eigenvalue weighted by Crippen LogP contribution is -2.45. The van der Waals surface area contributed by atoms with E-state index in [1.807, 2.05) is 21.7 Å². The van der Waals surface area contributed by atoms with Crippen LogP contribution in [0.5, 0.6) is 0 Å². The predicted octanol–water partition coefficient (Wildman–Crippen LogP) is 1.31. The van der Waals surface area contributed by atoms with Crippen molar-refractivity contribution < 1.29 is 4.79 Å². The van der Waals surface area contributed by atoms with Crippen LogP contribution in [0, 0.1) is 0 Å². The van der Waals surface area contributed by atoms with Crippen molar-refractivity contribution in [3.8, 4) is 0 Å². The summed E-state index contributed by atoms with van der Waals surface area (Å²) in [5.74, 6) is 0.126. The van der Waals surface area contributed by atoms with Crippen LogP contribution in [0.4, 0.5) is 0 Å². The first-order valence-electron chi connectivity index (χ1n) is 4.84. The summed E-state index contributed by atoms with van der Waals surface area (Å²) < 4.78 is 0. The molecule has 76 valence electrons. The predicted molar refractivity (Wildman–Crippen MR) is 57.4 cm³/mol. The Bertz CT molecular complexity index is 310. The second kappa shape index (κ2) is 4.11. The number of piperidine rings is 1. The topological polar surface area (TPSA) is 46.3 Å². The van der Waals surface area contributed by atoms with Gasteiger partial charge in [0.1, 0.15) is 0 Å². The van der Waals surface area contributed by atoms with Gasteiger partial charge in [-0.25, -0.2) is 0 Å². The molecular weight excluding hydrogens is 196 g/mol. The molecule has 14 heavy (non-hydrogen) atoms. The van der Waals surface area contributed by atoms with Crippen LogP contribution in [0.1, 0.15) is 23.2 Å². The fraction of sp³-hybridized carbons (Fsp3) is 0.500. The van der Waals surface area contributed by atoms with Gasteiger partial charge in [0.2, 0.25) is 0 Å². The van der Waals surface area contributed by atoms with E-state index in [0.717, 1.165) is 24.9 Å². The van der Waals surface area contributed by atoms with Gasteiger partial charge in [0.05, 0.1) is 5.56 Å². The zero-order valence-electron chi connectivity index (χ0n) is 7.98. The number of hydrogen-bond acceptors (Lipinski definition) is 3. The highest BCUT2D eigenvalue weighted by atomic mass is 32.1. The van der Waals surface area contributed by atoms with Crippen LogP contribution in [0.3, 0.4) is 0 Å². The number of amides is 1. The van der Waals surface area contributed by atoms with Crippen LogP contribution in [0.25, 0.3) is 0 Å². The second-order valence-electron chi connectivity index (χ2n) is 3.67. The van der Waals surface area contributed by atoms with Crippen molar-refractivity contribution in [1.29, 1.82) is 0 Å². The van der Waals surface area contributed by atoms with Crippen molar-refractivity contribution in [1.82, 2.24) is 4.90 Å². The van der Waals surface area contributed by atoms with Gasteiger partial charge in [-0.15, -0.1) is 0 Å². The third kappa shape index (κ3) is 1.96. The summed E-state index contributed by atoms with van der Waals surface area (Å²) >= 11 is 1.55. The number of carbonyl (C=O) groups is 1. The molecule has 1 unspecified atom stereocenters. The van der Waals surface area contributed by atoms with Crippen molar-refractivity contribution in [2.45, 2.75) is 18.9 Å². The molecule has 0 bridgehead atoms. The first-order valence-corrected chi connectivity index (χ1v) is 5.78. The quantitative estimate of drug-likeness (QED) is 0.759. The van der Waals surface area contributed by atoms with E-state index in [1.54, 1.807) is 11.3 Å². The molecule has 1 aliphatic rings. The standard InChI is InChI=1S/C10H14N2OS/c11-9-2-1-4-12(6-9)10(13)8-3-5-14-7-8/h3,5,7,9H,1-2,4,6,11H2. The lowest BCUT2D eigenvalue weighted by atomic mass is 10.1. The van der Waals surface area contributed by atoms with E-state index in [-0.39, 0.29) is 11.9 Å². The van der Waals surface area contributed by atoms with E-state index >= 15 is 0 Å². The summed E-state index contributed by atoms with van der Waals surface area (Å²) in [6, 6.07) is 2.03. The molecule has 0 aromatic carbocycles. The molecule has 0 saturated carbocycles. The monoisotopic (exact) mass is 210 g/mol. The number of nitrogens with two attached hydrogens (primary N) is 1. The number of hydrogen-bond donors (Lipinski definition) is 1. The minimum absolute atomic E-state index is 0.126. The zero-order chi connectivity index (χ0) is 9.97. The summed E-state index contributed by atoms with van der Waals surface area (Å²) in [4.78, 5) is 13.7. The maximum Gasteiger partial charge on any atom is 0.254 e. The van der Waals surface area contributed by atoms with Gasteiger partial charge in [-0.3, -0.25) is 4.79 Å². The van der Waals surface area contributed by atoms with Crippen LogP contribution in [0.15, 0.2) is 16.8 Å². The second-order valence-corrected chi connectivity index (χ2v) is 4.45. The summed E-state index contributed by atoms with van der Waals surface area (Å²) in [6.07, 6.45) is 2.06. The van der Waals surface area contributed by atoms with Crippen molar-refractivity contribution in [3.05, 3.63) is 22.4 Å². The Kier molecular flexibility index (Phi) is 2.84. The smallest absolute Gasteiger partial charge is 0.254 e. The molecule has 2 heterocycles. The highest BCUT2D eigenvalue weighted by Gasteiger charge is 2.22. The van der Waals surface area contributed by atoms with Crippen molar-refractivity contribution >= 4 is 17.2 Å². The zero-order valence-corrected chi connectivity index (χ0v) is 8.80. The van der Waals surface area contributed by atoms with Crippen molar-refractivity contribution in [3.63, 3.8) is 0 Å². The molecule has 2 rings (SSSR count). The maximum atomic E-state index is 11.9. The fourth-order valence-electron chi connectivity index (χ4n) is 1.76. The number of thiophene rings is 1. The van der Waals surface area contributed by atoms with Crippen LogP contribution < -0.4 is 5.73 Å². The highest BCUT2D eigenvalue weighted by Crippen LogP contribution is 2.14. The van der Waals surface area contributed by atoms with Gasteiger partial charge >= 0.3 is 0 Å². The molecule has 1 aliphatic heterocycles. The molecule has 1 amide bonds. The van der Waals surface area contributed by atoms with Crippen LogP contribution >= 0.6 is 11.3 Å². The Morgan fingerprint density at radius 3 is 3.14 bits per heavy atom. The normalized spacial score (nSPS) is 22.4. The first-order chi connectivity index (χ1) is 6.77. The third-order valence-corrected chi connectivity index (χ3v) is 3.20. The van der Waals surface area contributed by atoms with E-state index in [2.05, 4.69) is 0 Å². The van der Waals surface area contributed by atoms with Crippen LogP contribution in [-0.4, -0.2) is 29.9 Å². The minimum atomic E-state index is 0.126. The maximum absolute atomic E-state index is 11.9. The molecule has 1 atom stereocenters. The molecule has 2 N–H and O–H groups in total. The van der Waals surface area contributed by atoms with E-state index in [9.17, 15) is 4.79 Å². The molecule has 0 spiro atoms. The molecule has 3 nitrogen and oxygen atoms in total. The first kappa shape index (κ1) is 9.68.